The van der Waals surface area contributed by atoms with Crippen molar-refractivity contribution in [2.24, 2.45) is 5.92 Å². The highest BCUT2D eigenvalue weighted by Crippen LogP contribution is 2.33. The highest BCUT2D eigenvalue weighted by molar-refractivity contribution is 5.89. The van der Waals surface area contributed by atoms with Crippen LogP contribution in [0.3, 0.4) is 0 Å². The van der Waals surface area contributed by atoms with Crippen LogP contribution in [0.5, 0.6) is 0 Å². The monoisotopic (exact) mass is 252 g/mol. The van der Waals surface area contributed by atoms with Crippen LogP contribution in [0.2, 0.25) is 0 Å². The molecule has 0 saturated heterocycles. The third-order valence-corrected chi connectivity index (χ3v) is 2.73. The minimum absolute atomic E-state index is 0.171. The Morgan fingerprint density at radius 1 is 1.17 bits per heavy atom. The summed E-state index contributed by atoms with van der Waals surface area (Å²) in [7, 11) is 0. The molecule has 1 unspecified atom stereocenters. The molecule has 1 aliphatic rings. The van der Waals surface area contributed by atoms with Crippen molar-refractivity contribution in [3.05, 3.63) is 53.6 Å². The van der Waals surface area contributed by atoms with Gasteiger partial charge in [0.1, 0.15) is 5.92 Å². The average molecular weight is 252 g/mol. The number of carbonyl (C=O) groups excluding carboxylic acids is 1. The van der Waals surface area contributed by atoms with Crippen LogP contribution < -0.4 is 0 Å². The standard InChI is InChI=1S/C14H11F3O/c15-14(16,17)12-7-6-11(9-13(12)18)8-10-4-2-1-3-5-10/h1-8,12H,9H2. The molecule has 1 aromatic rings. The molecule has 1 aliphatic carbocycles. The highest BCUT2D eigenvalue weighted by atomic mass is 19.4. The lowest BCUT2D eigenvalue weighted by molar-refractivity contribution is -0.171. The molecular weight excluding hydrogens is 241 g/mol. The average Bonchev–Trinajstić information content (AvgIpc) is 2.28. The number of Topliss-reactive ketones (excluding diaryl/α,β-unsaturated/α-hetero) is 1. The van der Waals surface area contributed by atoms with E-state index in [0.717, 1.165) is 11.6 Å². The van der Waals surface area contributed by atoms with Gasteiger partial charge in [-0.1, -0.05) is 48.6 Å². The number of benzene rings is 1. The van der Waals surface area contributed by atoms with Crippen LogP contribution in [0.15, 0.2) is 48.1 Å². The molecule has 18 heavy (non-hydrogen) atoms. The molecule has 1 atom stereocenters. The van der Waals surface area contributed by atoms with Gasteiger partial charge < -0.3 is 0 Å². The Morgan fingerprint density at radius 3 is 2.39 bits per heavy atom. The van der Waals surface area contributed by atoms with Gasteiger partial charge in [0.2, 0.25) is 0 Å². The van der Waals surface area contributed by atoms with E-state index in [-0.39, 0.29) is 6.42 Å². The third-order valence-electron chi connectivity index (χ3n) is 2.73. The second kappa shape index (κ2) is 4.80. The van der Waals surface area contributed by atoms with Crippen LogP contribution in [0.1, 0.15) is 12.0 Å². The van der Waals surface area contributed by atoms with Gasteiger partial charge in [0, 0.05) is 6.42 Å². The molecule has 94 valence electrons. The summed E-state index contributed by atoms with van der Waals surface area (Å²) in [6.07, 6.45) is -0.615. The van der Waals surface area contributed by atoms with Crippen LogP contribution in [-0.4, -0.2) is 12.0 Å². The van der Waals surface area contributed by atoms with Gasteiger partial charge in [0.05, 0.1) is 0 Å². The van der Waals surface area contributed by atoms with Crippen LogP contribution in [-0.2, 0) is 4.79 Å². The summed E-state index contributed by atoms with van der Waals surface area (Å²) in [5, 5.41) is 0. The molecular formula is C14H11F3O. The summed E-state index contributed by atoms with van der Waals surface area (Å²) in [5.74, 6) is -2.75. The lowest BCUT2D eigenvalue weighted by Crippen LogP contribution is -2.30. The predicted octanol–water partition coefficient (Wildman–Crippen LogP) is 3.78. The van der Waals surface area contributed by atoms with E-state index in [0.29, 0.717) is 5.57 Å². The predicted molar refractivity (Wildman–Crippen MR) is 62.7 cm³/mol. The van der Waals surface area contributed by atoms with Gasteiger partial charge in [0.25, 0.3) is 0 Å². The number of allylic oxidation sites excluding steroid dienone is 3. The molecule has 0 heterocycles. The highest BCUT2D eigenvalue weighted by Gasteiger charge is 2.43. The second-order valence-corrected chi connectivity index (χ2v) is 4.15. The fourth-order valence-corrected chi connectivity index (χ4v) is 1.85. The molecule has 0 aliphatic heterocycles. The molecule has 0 bridgehead atoms. The lowest BCUT2D eigenvalue weighted by Gasteiger charge is -2.19. The van der Waals surface area contributed by atoms with Gasteiger partial charge in [-0.05, 0) is 11.1 Å². The molecule has 0 fully saturated rings. The van der Waals surface area contributed by atoms with Crippen molar-refractivity contribution in [2.75, 3.05) is 0 Å². The first-order valence-electron chi connectivity index (χ1n) is 5.50. The van der Waals surface area contributed by atoms with Crippen molar-refractivity contribution in [3.8, 4) is 0 Å². The number of alkyl halides is 3. The molecule has 0 radical (unpaired) electrons. The number of carbonyl (C=O) groups is 1. The normalized spacial score (nSPS) is 22.5. The van der Waals surface area contributed by atoms with Crippen molar-refractivity contribution < 1.29 is 18.0 Å². The summed E-state index contributed by atoms with van der Waals surface area (Å²) in [5.41, 5.74) is 1.47. The topological polar surface area (TPSA) is 17.1 Å². The molecule has 4 heteroatoms. The Hall–Kier alpha value is -1.84. The Morgan fingerprint density at radius 2 is 1.83 bits per heavy atom. The molecule has 1 aromatic carbocycles. The van der Waals surface area contributed by atoms with Crippen LogP contribution in [0.4, 0.5) is 13.2 Å². The Kier molecular flexibility index (Phi) is 3.36. The smallest absolute Gasteiger partial charge is 0.298 e. The first-order valence-corrected chi connectivity index (χ1v) is 5.50. The molecule has 0 N–H and O–H groups in total. The van der Waals surface area contributed by atoms with Gasteiger partial charge >= 0.3 is 6.18 Å². The zero-order chi connectivity index (χ0) is 13.2. The van der Waals surface area contributed by atoms with Gasteiger partial charge in [-0.2, -0.15) is 13.2 Å². The molecule has 0 saturated carbocycles. The van der Waals surface area contributed by atoms with Crippen molar-refractivity contribution >= 4 is 11.9 Å². The number of halogens is 3. The number of hydrogen-bond donors (Lipinski definition) is 0. The number of ketones is 1. The zero-order valence-corrected chi connectivity index (χ0v) is 9.45. The summed E-state index contributed by atoms with van der Waals surface area (Å²) in [6.45, 7) is 0. The second-order valence-electron chi connectivity index (χ2n) is 4.15. The first kappa shape index (κ1) is 12.6. The van der Waals surface area contributed by atoms with Crippen LogP contribution in [0.25, 0.3) is 6.08 Å². The Labute approximate surface area is 103 Å². The maximum absolute atomic E-state index is 12.5. The minimum Gasteiger partial charge on any atom is -0.298 e. The van der Waals surface area contributed by atoms with Gasteiger partial charge in [0.15, 0.2) is 5.78 Å². The molecule has 0 spiro atoms. The molecule has 1 nitrogen and oxygen atoms in total. The van der Waals surface area contributed by atoms with E-state index in [2.05, 4.69) is 0 Å². The van der Waals surface area contributed by atoms with E-state index in [1.807, 2.05) is 30.3 Å². The zero-order valence-electron chi connectivity index (χ0n) is 9.45. The van der Waals surface area contributed by atoms with Crippen molar-refractivity contribution in [1.29, 1.82) is 0 Å². The largest absolute Gasteiger partial charge is 0.402 e. The van der Waals surface area contributed by atoms with E-state index in [9.17, 15) is 18.0 Å². The first-order chi connectivity index (χ1) is 8.47. The maximum Gasteiger partial charge on any atom is 0.402 e. The molecule has 0 aromatic heterocycles. The van der Waals surface area contributed by atoms with E-state index in [1.54, 1.807) is 6.08 Å². The van der Waals surface area contributed by atoms with Crippen LogP contribution >= 0.6 is 0 Å². The summed E-state index contributed by atoms with van der Waals surface area (Å²) in [6, 6.07) is 9.18. The summed E-state index contributed by atoms with van der Waals surface area (Å²) < 4.78 is 37.4. The van der Waals surface area contributed by atoms with Crippen molar-refractivity contribution in [2.45, 2.75) is 12.6 Å². The third kappa shape index (κ3) is 2.88. The summed E-state index contributed by atoms with van der Waals surface area (Å²) >= 11 is 0. The van der Waals surface area contributed by atoms with Crippen molar-refractivity contribution in [3.63, 3.8) is 0 Å². The quantitative estimate of drug-likeness (QED) is 0.743. The Bertz CT molecular complexity index is 498. The van der Waals surface area contributed by atoms with Gasteiger partial charge in [-0.3, -0.25) is 4.79 Å². The minimum atomic E-state index is -4.48. The number of hydrogen-bond acceptors (Lipinski definition) is 1. The molecule has 0 amide bonds. The lowest BCUT2D eigenvalue weighted by atomic mass is 9.90. The van der Waals surface area contributed by atoms with Crippen LogP contribution in [0, 0.1) is 5.92 Å². The van der Waals surface area contributed by atoms with E-state index >= 15 is 0 Å². The Balaban J connectivity index is 2.21. The SMILES string of the molecule is O=C1CC(=Cc2ccccc2)C=CC1C(F)(F)F. The summed E-state index contributed by atoms with van der Waals surface area (Å²) in [4.78, 5) is 11.4. The fraction of sp³-hybridized carbons (Fsp3) is 0.214. The number of rotatable bonds is 1. The van der Waals surface area contributed by atoms with E-state index in [4.69, 9.17) is 0 Å². The van der Waals surface area contributed by atoms with E-state index in [1.165, 1.54) is 6.08 Å². The fourth-order valence-electron chi connectivity index (χ4n) is 1.85. The maximum atomic E-state index is 12.5. The van der Waals surface area contributed by atoms with Crippen molar-refractivity contribution in [1.82, 2.24) is 0 Å². The molecule has 2 rings (SSSR count). The van der Waals surface area contributed by atoms with E-state index < -0.39 is 17.9 Å². The van der Waals surface area contributed by atoms with Gasteiger partial charge in [-0.15, -0.1) is 0 Å². The van der Waals surface area contributed by atoms with Gasteiger partial charge in [-0.25, -0.2) is 0 Å².